The Morgan fingerprint density at radius 1 is 1.03 bits per heavy atom. The molecule has 0 aliphatic carbocycles. The van der Waals surface area contributed by atoms with Crippen LogP contribution in [0.3, 0.4) is 0 Å². The number of carbonyl (C=O) groups excluding carboxylic acids is 2. The second-order valence-corrected chi connectivity index (χ2v) is 8.93. The number of para-hydroxylation sites is 1. The number of amides is 2. The molecule has 2 N–H and O–H groups in total. The Hall–Kier alpha value is -3.88. The average molecular weight is 472 g/mol. The van der Waals surface area contributed by atoms with E-state index in [9.17, 15) is 19.5 Å². The zero-order valence-electron chi connectivity index (χ0n) is 19.1. The third kappa shape index (κ3) is 3.80. The van der Waals surface area contributed by atoms with Crippen molar-refractivity contribution in [2.24, 2.45) is 11.8 Å². The largest absolute Gasteiger partial charge is 0.480 e. The van der Waals surface area contributed by atoms with E-state index in [2.05, 4.69) is 10.3 Å². The number of benzene rings is 2. The first kappa shape index (κ1) is 22.9. The molecule has 2 saturated heterocycles. The molecule has 0 saturated carbocycles. The Kier molecular flexibility index (Phi) is 5.92. The number of aliphatic carboxylic acids is 1. The highest BCUT2D eigenvalue weighted by Crippen LogP contribution is 2.50. The van der Waals surface area contributed by atoms with Crippen LogP contribution in [-0.4, -0.2) is 40.0 Å². The van der Waals surface area contributed by atoms with Crippen molar-refractivity contribution in [3.63, 3.8) is 0 Å². The molecule has 4 unspecified atom stereocenters. The van der Waals surface area contributed by atoms with E-state index in [1.807, 2.05) is 49.4 Å². The van der Waals surface area contributed by atoms with Gasteiger partial charge in [-0.1, -0.05) is 54.6 Å². The lowest BCUT2D eigenvalue weighted by Gasteiger charge is -2.31. The fraction of sp³-hybridized carbons (Fsp3) is 0.259. The van der Waals surface area contributed by atoms with E-state index in [1.54, 1.807) is 36.5 Å². The molecule has 2 aromatic carbocycles. The van der Waals surface area contributed by atoms with Gasteiger partial charge in [-0.05, 0) is 36.2 Å². The van der Waals surface area contributed by atoms with Crippen molar-refractivity contribution in [1.29, 1.82) is 0 Å². The van der Waals surface area contributed by atoms with Crippen LogP contribution in [0.1, 0.15) is 22.9 Å². The monoisotopic (exact) mass is 471 g/mol. The summed E-state index contributed by atoms with van der Waals surface area (Å²) >= 11 is 0. The number of ether oxygens (including phenoxy) is 1. The number of rotatable bonds is 7. The molecule has 2 fully saturated rings. The predicted molar refractivity (Wildman–Crippen MR) is 127 cm³/mol. The fourth-order valence-electron chi connectivity index (χ4n) is 5.16. The predicted octanol–water partition coefficient (Wildman–Crippen LogP) is 2.88. The van der Waals surface area contributed by atoms with Crippen molar-refractivity contribution in [2.75, 3.05) is 11.5 Å². The number of hydrogen-bond donors (Lipinski definition) is 2. The van der Waals surface area contributed by atoms with Crippen LogP contribution in [0.15, 0.2) is 79.0 Å². The molecule has 0 bridgehead atoms. The Bertz CT molecular complexity index is 1270. The van der Waals surface area contributed by atoms with Gasteiger partial charge in [0.1, 0.15) is 0 Å². The average Bonchev–Trinajstić information content (AvgIpc) is 3.35. The zero-order valence-corrected chi connectivity index (χ0v) is 19.1. The minimum Gasteiger partial charge on any atom is -0.480 e. The number of pyridine rings is 1. The van der Waals surface area contributed by atoms with Gasteiger partial charge in [-0.15, -0.1) is 0 Å². The Balaban J connectivity index is 1.55. The van der Waals surface area contributed by atoms with Crippen LogP contribution in [-0.2, 0) is 25.7 Å². The number of nitrogens with one attached hydrogen (secondary N) is 1. The van der Waals surface area contributed by atoms with Gasteiger partial charge in [0.25, 0.3) is 0 Å². The van der Waals surface area contributed by atoms with E-state index in [0.29, 0.717) is 11.4 Å². The number of carbonyl (C=O) groups is 3. The number of imide groups is 1. The van der Waals surface area contributed by atoms with Gasteiger partial charge in [0.15, 0.2) is 5.54 Å². The maximum Gasteiger partial charge on any atom is 0.327 e. The number of nitrogens with zero attached hydrogens (tertiary/aromatic N) is 2. The van der Waals surface area contributed by atoms with Crippen LogP contribution in [0.25, 0.3) is 0 Å². The first-order valence-corrected chi connectivity index (χ1v) is 11.4. The van der Waals surface area contributed by atoms with Crippen LogP contribution in [0, 0.1) is 18.8 Å². The first-order valence-electron chi connectivity index (χ1n) is 11.4. The lowest BCUT2D eigenvalue weighted by Crippen LogP contribution is -2.59. The first-order chi connectivity index (χ1) is 16.9. The summed E-state index contributed by atoms with van der Waals surface area (Å²) in [6, 6.07) is 20.9. The minimum atomic E-state index is -1.80. The van der Waals surface area contributed by atoms with E-state index in [1.165, 1.54) is 0 Å². The maximum absolute atomic E-state index is 13.8. The van der Waals surface area contributed by atoms with E-state index in [4.69, 9.17) is 4.74 Å². The standard InChI is InChI=1S/C27H25N3O5/c1-17-9-5-6-13-20(17)30-24(31)21-22(25(30)32)27(26(33)34,16-35-15-18-10-3-2-4-11-18)29-23(21)19-12-7-8-14-28-19/h2-14,21-23,29H,15-16H2,1H3,(H,33,34). The molecule has 8 nitrogen and oxygen atoms in total. The molecule has 0 radical (unpaired) electrons. The van der Waals surface area contributed by atoms with Crippen LogP contribution in [0.4, 0.5) is 5.69 Å². The summed E-state index contributed by atoms with van der Waals surface area (Å²) in [5.74, 6) is -4.33. The van der Waals surface area contributed by atoms with E-state index >= 15 is 0 Å². The lowest BCUT2D eigenvalue weighted by molar-refractivity contribution is -0.152. The molecule has 1 aromatic heterocycles. The van der Waals surface area contributed by atoms with Crippen LogP contribution < -0.4 is 10.2 Å². The van der Waals surface area contributed by atoms with Crippen molar-refractivity contribution in [3.8, 4) is 0 Å². The van der Waals surface area contributed by atoms with Gasteiger partial charge in [-0.2, -0.15) is 0 Å². The van der Waals surface area contributed by atoms with Gasteiger partial charge in [-0.3, -0.25) is 24.7 Å². The van der Waals surface area contributed by atoms with Crippen molar-refractivity contribution < 1.29 is 24.2 Å². The second-order valence-electron chi connectivity index (χ2n) is 8.93. The number of anilines is 1. The van der Waals surface area contributed by atoms with Crippen molar-refractivity contribution >= 4 is 23.5 Å². The van der Waals surface area contributed by atoms with Gasteiger partial charge in [-0.25, -0.2) is 4.90 Å². The number of carboxylic acids is 1. The fourth-order valence-corrected chi connectivity index (χ4v) is 5.16. The molecule has 5 rings (SSSR count). The highest BCUT2D eigenvalue weighted by atomic mass is 16.5. The third-order valence-electron chi connectivity index (χ3n) is 6.84. The van der Waals surface area contributed by atoms with Gasteiger partial charge in [0.2, 0.25) is 11.8 Å². The Labute approximate surface area is 202 Å². The van der Waals surface area contributed by atoms with Crippen molar-refractivity contribution in [1.82, 2.24) is 10.3 Å². The minimum absolute atomic E-state index is 0.173. The van der Waals surface area contributed by atoms with E-state index in [-0.39, 0.29) is 13.2 Å². The Morgan fingerprint density at radius 2 is 1.74 bits per heavy atom. The smallest absolute Gasteiger partial charge is 0.327 e. The molecule has 3 aromatic rings. The van der Waals surface area contributed by atoms with Gasteiger partial charge in [0, 0.05) is 6.20 Å². The molecule has 178 valence electrons. The van der Waals surface area contributed by atoms with Crippen LogP contribution >= 0.6 is 0 Å². The number of carboxylic acid groups (broad SMARTS) is 1. The summed E-state index contributed by atoms with van der Waals surface area (Å²) in [6.07, 6.45) is 1.58. The molecule has 35 heavy (non-hydrogen) atoms. The van der Waals surface area contributed by atoms with E-state index < -0.39 is 41.2 Å². The summed E-state index contributed by atoms with van der Waals surface area (Å²) in [5.41, 5.74) is 0.783. The van der Waals surface area contributed by atoms with Gasteiger partial charge >= 0.3 is 5.97 Å². The molecule has 8 heteroatoms. The third-order valence-corrected chi connectivity index (χ3v) is 6.84. The summed E-state index contributed by atoms with van der Waals surface area (Å²) in [4.78, 5) is 45.9. The van der Waals surface area contributed by atoms with Crippen molar-refractivity contribution in [2.45, 2.75) is 25.1 Å². The van der Waals surface area contributed by atoms with E-state index in [0.717, 1.165) is 16.0 Å². The maximum atomic E-state index is 13.8. The molecular formula is C27H25N3O5. The number of hydrogen-bond acceptors (Lipinski definition) is 6. The Morgan fingerprint density at radius 3 is 2.43 bits per heavy atom. The SMILES string of the molecule is Cc1ccccc1N1C(=O)C2C(c3ccccn3)NC(COCc3ccccc3)(C(=O)O)C2C1=O. The van der Waals surface area contributed by atoms with Crippen LogP contribution in [0.5, 0.6) is 0 Å². The molecular weight excluding hydrogens is 446 g/mol. The molecule has 4 atom stereocenters. The number of aryl methyl sites for hydroxylation is 1. The highest BCUT2D eigenvalue weighted by Gasteiger charge is 2.69. The van der Waals surface area contributed by atoms with Crippen LogP contribution in [0.2, 0.25) is 0 Å². The summed E-state index contributed by atoms with van der Waals surface area (Å²) in [7, 11) is 0. The molecule has 3 heterocycles. The topological polar surface area (TPSA) is 109 Å². The molecule has 2 aliphatic rings. The molecule has 0 spiro atoms. The van der Waals surface area contributed by atoms with Gasteiger partial charge in [0.05, 0.1) is 42.5 Å². The number of aromatic nitrogens is 1. The summed E-state index contributed by atoms with van der Waals surface area (Å²) in [6.45, 7) is 1.70. The highest BCUT2D eigenvalue weighted by molar-refractivity contribution is 6.24. The molecule has 2 aliphatic heterocycles. The van der Waals surface area contributed by atoms with Gasteiger partial charge < -0.3 is 9.84 Å². The normalized spacial score (nSPS) is 25.6. The molecule has 2 amide bonds. The number of fused-ring (bicyclic) bond motifs is 1. The summed E-state index contributed by atoms with van der Waals surface area (Å²) in [5, 5.41) is 13.5. The quantitative estimate of drug-likeness (QED) is 0.510. The second kappa shape index (κ2) is 9.05. The lowest BCUT2D eigenvalue weighted by atomic mass is 9.80. The zero-order chi connectivity index (χ0) is 24.6. The summed E-state index contributed by atoms with van der Waals surface area (Å²) < 4.78 is 5.86. The van der Waals surface area contributed by atoms with Crippen molar-refractivity contribution in [3.05, 3.63) is 95.8 Å².